The van der Waals surface area contributed by atoms with Crippen LogP contribution in [0, 0.1) is 5.92 Å². The minimum Gasteiger partial charge on any atom is -0.493 e. The number of fused-ring (bicyclic) bond motifs is 1. The summed E-state index contributed by atoms with van der Waals surface area (Å²) >= 11 is 1.63. The van der Waals surface area contributed by atoms with Crippen molar-refractivity contribution in [2.75, 3.05) is 27.3 Å². The van der Waals surface area contributed by atoms with Crippen LogP contribution in [0.2, 0.25) is 0 Å². The van der Waals surface area contributed by atoms with Crippen LogP contribution in [0.15, 0.2) is 66.7 Å². The highest BCUT2D eigenvalue weighted by atomic mass is 32.1. The predicted octanol–water partition coefficient (Wildman–Crippen LogP) is 5.78. The van der Waals surface area contributed by atoms with Crippen molar-refractivity contribution in [2.24, 2.45) is 5.92 Å². The largest absolute Gasteiger partial charge is 0.493 e. The number of aromatic nitrogens is 1. The summed E-state index contributed by atoms with van der Waals surface area (Å²) in [5.74, 6) is 0.476. The zero-order valence-corrected chi connectivity index (χ0v) is 21.7. The number of piperidine rings is 1. The topological polar surface area (TPSA) is 81.1 Å². The average molecular weight is 519 g/mol. The quantitative estimate of drug-likeness (QED) is 0.301. The number of hydrogen-bond donors (Lipinski definition) is 1. The van der Waals surface area contributed by atoms with Crippen molar-refractivity contribution in [3.05, 3.63) is 82.9 Å². The number of carboxylic acid groups (broad SMARTS) is 1. The number of nitrogens with zero attached hydrogens (tertiary/aromatic N) is 2. The second kappa shape index (κ2) is 11.2. The summed E-state index contributed by atoms with van der Waals surface area (Å²) in [5, 5.41) is 10.7. The molecule has 2 atom stereocenters. The zero-order valence-electron chi connectivity index (χ0n) is 20.9. The van der Waals surface area contributed by atoms with Crippen molar-refractivity contribution in [3.63, 3.8) is 0 Å². The molecule has 1 N–H and O–H groups in total. The second-order valence-electron chi connectivity index (χ2n) is 9.12. The van der Waals surface area contributed by atoms with Gasteiger partial charge in [0.2, 0.25) is 5.75 Å². The first-order valence-corrected chi connectivity index (χ1v) is 13.1. The van der Waals surface area contributed by atoms with E-state index in [0.717, 1.165) is 39.3 Å². The van der Waals surface area contributed by atoms with Crippen molar-refractivity contribution in [3.8, 4) is 17.2 Å². The van der Waals surface area contributed by atoms with E-state index in [1.807, 2.05) is 60.7 Å². The Balaban J connectivity index is 1.56. The molecule has 0 saturated carbocycles. The van der Waals surface area contributed by atoms with Gasteiger partial charge in [-0.2, -0.15) is 0 Å². The number of likely N-dealkylation sites (tertiary alicyclic amines) is 1. The van der Waals surface area contributed by atoms with E-state index in [-0.39, 0.29) is 6.04 Å². The van der Waals surface area contributed by atoms with E-state index in [4.69, 9.17) is 19.2 Å². The molecule has 8 heteroatoms. The van der Waals surface area contributed by atoms with Crippen LogP contribution in [0.25, 0.3) is 10.2 Å². The first-order chi connectivity index (χ1) is 18.1. The van der Waals surface area contributed by atoms with Crippen molar-refractivity contribution in [2.45, 2.75) is 25.5 Å². The van der Waals surface area contributed by atoms with Gasteiger partial charge < -0.3 is 19.3 Å². The Morgan fingerprint density at radius 1 is 1.08 bits per heavy atom. The third kappa shape index (κ3) is 5.40. The number of methoxy groups -OCH3 is 2. The minimum absolute atomic E-state index is 0.245. The molecule has 0 spiro atoms. The lowest BCUT2D eigenvalue weighted by Crippen LogP contribution is -2.41. The SMILES string of the molecule is COc1cc(C(c2nc3ccccc3s2)N2CCCC(C(=O)O)C2)cc(OC)c1OCc1ccccc1. The number of rotatable bonds is 9. The van der Waals surface area contributed by atoms with Gasteiger partial charge in [-0.3, -0.25) is 9.69 Å². The Morgan fingerprint density at radius 2 is 1.78 bits per heavy atom. The van der Waals surface area contributed by atoms with Gasteiger partial charge in [-0.05, 0) is 54.8 Å². The summed E-state index contributed by atoms with van der Waals surface area (Å²) < 4.78 is 18.8. The molecule has 0 amide bonds. The van der Waals surface area contributed by atoms with Crippen molar-refractivity contribution in [1.82, 2.24) is 9.88 Å². The smallest absolute Gasteiger partial charge is 0.307 e. The third-order valence-corrected chi connectivity index (χ3v) is 7.83. The van der Waals surface area contributed by atoms with E-state index >= 15 is 0 Å². The molecular weight excluding hydrogens is 488 g/mol. The first kappa shape index (κ1) is 25.0. The van der Waals surface area contributed by atoms with E-state index < -0.39 is 11.9 Å². The Hall–Kier alpha value is -3.62. The number of aliphatic carboxylic acids is 1. The average Bonchev–Trinajstić information content (AvgIpc) is 3.36. The van der Waals surface area contributed by atoms with Crippen LogP contribution < -0.4 is 14.2 Å². The molecule has 3 aromatic carbocycles. The van der Waals surface area contributed by atoms with Gasteiger partial charge in [0, 0.05) is 6.54 Å². The number of ether oxygens (including phenoxy) is 3. The molecule has 1 aliphatic rings. The summed E-state index contributed by atoms with van der Waals surface area (Å²) in [4.78, 5) is 19.1. The molecule has 1 aromatic heterocycles. The highest BCUT2D eigenvalue weighted by molar-refractivity contribution is 7.18. The Bertz CT molecular complexity index is 1320. The molecule has 0 radical (unpaired) electrons. The van der Waals surface area contributed by atoms with Gasteiger partial charge in [-0.1, -0.05) is 42.5 Å². The minimum atomic E-state index is -0.757. The summed E-state index contributed by atoms with van der Waals surface area (Å²) in [5.41, 5.74) is 2.89. The number of thiazole rings is 1. The lowest BCUT2D eigenvalue weighted by atomic mass is 9.94. The summed E-state index contributed by atoms with van der Waals surface area (Å²) in [7, 11) is 3.23. The molecule has 7 nitrogen and oxygen atoms in total. The van der Waals surface area contributed by atoms with Gasteiger partial charge in [-0.25, -0.2) is 4.98 Å². The lowest BCUT2D eigenvalue weighted by Gasteiger charge is -2.36. The Kier molecular flexibility index (Phi) is 7.58. The van der Waals surface area contributed by atoms with Crippen LogP contribution in [-0.2, 0) is 11.4 Å². The van der Waals surface area contributed by atoms with E-state index in [0.29, 0.717) is 36.8 Å². The van der Waals surface area contributed by atoms with Gasteiger partial charge in [0.05, 0.1) is 36.4 Å². The second-order valence-corrected chi connectivity index (χ2v) is 10.2. The molecule has 2 heterocycles. The molecular formula is C29H30N2O5S. The van der Waals surface area contributed by atoms with Crippen LogP contribution in [-0.4, -0.2) is 48.3 Å². The summed E-state index contributed by atoms with van der Waals surface area (Å²) in [6.45, 7) is 1.61. The van der Waals surface area contributed by atoms with Crippen LogP contribution in [0.4, 0.5) is 0 Å². The molecule has 192 valence electrons. The Morgan fingerprint density at radius 3 is 2.46 bits per heavy atom. The van der Waals surface area contributed by atoms with Gasteiger partial charge in [0.1, 0.15) is 11.6 Å². The fourth-order valence-corrected chi connectivity index (χ4v) is 6.02. The van der Waals surface area contributed by atoms with E-state index in [1.54, 1.807) is 25.6 Å². The number of carboxylic acids is 1. The predicted molar refractivity (Wildman–Crippen MR) is 144 cm³/mol. The van der Waals surface area contributed by atoms with E-state index in [1.165, 1.54) is 0 Å². The molecule has 1 saturated heterocycles. The van der Waals surface area contributed by atoms with E-state index in [9.17, 15) is 9.90 Å². The van der Waals surface area contributed by atoms with Crippen molar-refractivity contribution >= 4 is 27.5 Å². The van der Waals surface area contributed by atoms with Gasteiger partial charge in [0.15, 0.2) is 11.5 Å². The zero-order chi connectivity index (χ0) is 25.8. The van der Waals surface area contributed by atoms with Gasteiger partial charge in [-0.15, -0.1) is 11.3 Å². The number of benzene rings is 3. The normalized spacial score (nSPS) is 16.9. The maximum Gasteiger partial charge on any atom is 0.307 e. The standard InChI is InChI=1S/C29H30N2O5S/c1-34-23-15-21(16-24(35-2)27(23)36-18-19-9-4-3-5-10-19)26(31-14-8-11-20(17-31)29(32)33)28-30-22-12-6-7-13-25(22)37-28/h3-7,9-10,12-13,15-16,20,26H,8,11,14,17-18H2,1-2H3,(H,32,33). The molecule has 0 aliphatic carbocycles. The maximum absolute atomic E-state index is 11.9. The Labute approximate surface area is 220 Å². The summed E-state index contributed by atoms with van der Waals surface area (Å²) in [6, 6.07) is 21.7. The van der Waals surface area contributed by atoms with Gasteiger partial charge >= 0.3 is 5.97 Å². The maximum atomic E-state index is 11.9. The summed E-state index contributed by atoms with van der Waals surface area (Å²) in [6.07, 6.45) is 1.49. The number of hydrogen-bond acceptors (Lipinski definition) is 7. The van der Waals surface area contributed by atoms with Crippen LogP contribution in [0.3, 0.4) is 0 Å². The molecule has 1 aliphatic heterocycles. The van der Waals surface area contributed by atoms with Crippen LogP contribution in [0.1, 0.15) is 35.0 Å². The molecule has 1 fully saturated rings. The lowest BCUT2D eigenvalue weighted by molar-refractivity contribution is -0.143. The molecule has 0 bridgehead atoms. The molecule has 37 heavy (non-hydrogen) atoms. The highest BCUT2D eigenvalue weighted by Crippen LogP contribution is 2.44. The monoisotopic (exact) mass is 518 g/mol. The van der Waals surface area contributed by atoms with E-state index in [2.05, 4.69) is 11.0 Å². The highest BCUT2D eigenvalue weighted by Gasteiger charge is 2.34. The van der Waals surface area contributed by atoms with Crippen molar-refractivity contribution in [1.29, 1.82) is 0 Å². The van der Waals surface area contributed by atoms with Crippen LogP contribution >= 0.6 is 11.3 Å². The molecule has 5 rings (SSSR count). The van der Waals surface area contributed by atoms with Crippen LogP contribution in [0.5, 0.6) is 17.2 Å². The molecule has 4 aromatic rings. The third-order valence-electron chi connectivity index (χ3n) is 6.74. The number of para-hydroxylation sites is 1. The van der Waals surface area contributed by atoms with Crippen molar-refractivity contribution < 1.29 is 24.1 Å². The van der Waals surface area contributed by atoms with Gasteiger partial charge in [0.25, 0.3) is 0 Å². The molecule has 2 unspecified atom stereocenters. The first-order valence-electron chi connectivity index (χ1n) is 12.3. The fraction of sp³-hybridized carbons (Fsp3) is 0.310. The fourth-order valence-electron chi connectivity index (χ4n) is 4.89. The number of carbonyl (C=O) groups is 1.